The summed E-state index contributed by atoms with van der Waals surface area (Å²) in [5.41, 5.74) is 0. The van der Waals surface area contributed by atoms with Crippen LogP contribution in [0, 0.1) is 6.92 Å². The smallest absolute Gasteiger partial charge is 0.109 e. The molecule has 0 aromatic carbocycles. The van der Waals surface area contributed by atoms with Crippen molar-refractivity contribution in [2.24, 2.45) is 0 Å². The van der Waals surface area contributed by atoms with Gasteiger partial charge in [0, 0.05) is 17.6 Å². The average molecular weight is 258 g/mol. The highest BCUT2D eigenvalue weighted by atomic mass is 32.1. The lowest BCUT2D eigenvalue weighted by Gasteiger charge is -2.16. The van der Waals surface area contributed by atoms with Gasteiger partial charge < -0.3 is 15.2 Å². The maximum Gasteiger partial charge on any atom is 0.109 e. The summed E-state index contributed by atoms with van der Waals surface area (Å²) < 4.78 is 5.34. The van der Waals surface area contributed by atoms with Gasteiger partial charge in [-0.1, -0.05) is 0 Å². The van der Waals surface area contributed by atoms with Crippen molar-refractivity contribution in [1.29, 1.82) is 0 Å². The Balaban J connectivity index is 2.25. The van der Waals surface area contributed by atoms with Crippen molar-refractivity contribution < 1.29 is 9.84 Å². The van der Waals surface area contributed by atoms with Crippen LogP contribution in [-0.4, -0.2) is 35.5 Å². The summed E-state index contributed by atoms with van der Waals surface area (Å²) >= 11 is 1.68. The molecular formula is C12H22N2O2S. The summed E-state index contributed by atoms with van der Waals surface area (Å²) in [5, 5.41) is 14.0. The number of aliphatic hydroxyl groups is 1. The van der Waals surface area contributed by atoms with Crippen LogP contribution in [0.1, 0.15) is 36.7 Å². The lowest BCUT2D eigenvalue weighted by molar-refractivity contribution is 0.00560. The van der Waals surface area contributed by atoms with E-state index in [2.05, 4.69) is 10.3 Å². The number of thiazole rings is 1. The van der Waals surface area contributed by atoms with Crippen molar-refractivity contribution in [1.82, 2.24) is 10.3 Å². The number of aromatic nitrogens is 1. The Labute approximate surface area is 107 Å². The molecule has 1 aromatic heterocycles. The van der Waals surface area contributed by atoms with Crippen LogP contribution in [0.3, 0.4) is 0 Å². The van der Waals surface area contributed by atoms with Gasteiger partial charge in [-0.05, 0) is 27.7 Å². The minimum Gasteiger partial charge on any atom is -0.389 e. The fourth-order valence-corrected chi connectivity index (χ4v) is 2.14. The van der Waals surface area contributed by atoms with Crippen LogP contribution in [-0.2, 0) is 4.74 Å². The van der Waals surface area contributed by atoms with Crippen LogP contribution in [0.25, 0.3) is 0 Å². The van der Waals surface area contributed by atoms with Crippen LogP contribution in [0.2, 0.25) is 0 Å². The molecule has 0 fully saturated rings. The van der Waals surface area contributed by atoms with E-state index in [0.29, 0.717) is 13.2 Å². The van der Waals surface area contributed by atoms with Crippen LogP contribution < -0.4 is 5.32 Å². The molecule has 0 saturated heterocycles. The van der Waals surface area contributed by atoms with Gasteiger partial charge in [0.25, 0.3) is 0 Å². The van der Waals surface area contributed by atoms with E-state index in [0.717, 1.165) is 5.01 Å². The molecule has 0 spiro atoms. The van der Waals surface area contributed by atoms with Crippen molar-refractivity contribution in [2.45, 2.75) is 45.9 Å². The van der Waals surface area contributed by atoms with Crippen molar-refractivity contribution in [3.05, 3.63) is 16.1 Å². The highest BCUT2D eigenvalue weighted by Crippen LogP contribution is 2.18. The highest BCUT2D eigenvalue weighted by Gasteiger charge is 2.11. The second-order valence-corrected chi connectivity index (χ2v) is 5.74. The Kier molecular flexibility index (Phi) is 6.05. The predicted molar refractivity (Wildman–Crippen MR) is 70.4 cm³/mol. The summed E-state index contributed by atoms with van der Waals surface area (Å²) in [5.74, 6) is 0. The van der Waals surface area contributed by atoms with Crippen molar-refractivity contribution in [2.75, 3.05) is 13.2 Å². The fourth-order valence-electron chi connectivity index (χ4n) is 1.33. The molecule has 0 aliphatic carbocycles. The minimum absolute atomic E-state index is 0.156. The number of rotatable bonds is 7. The largest absolute Gasteiger partial charge is 0.389 e. The quantitative estimate of drug-likeness (QED) is 0.784. The van der Waals surface area contributed by atoms with E-state index in [1.807, 2.05) is 33.9 Å². The van der Waals surface area contributed by atoms with Crippen molar-refractivity contribution in [3.63, 3.8) is 0 Å². The topological polar surface area (TPSA) is 54.4 Å². The molecule has 0 radical (unpaired) electrons. The number of nitrogens with zero attached hydrogens (tertiary/aromatic N) is 1. The molecule has 4 nitrogen and oxygen atoms in total. The van der Waals surface area contributed by atoms with Crippen LogP contribution in [0.5, 0.6) is 0 Å². The number of ether oxygens (including phenoxy) is 1. The molecular weight excluding hydrogens is 236 g/mol. The predicted octanol–water partition coefficient (Wildman–Crippen LogP) is 1.89. The Morgan fingerprint density at radius 3 is 2.71 bits per heavy atom. The number of aryl methyl sites for hydroxylation is 1. The van der Waals surface area contributed by atoms with E-state index < -0.39 is 6.10 Å². The van der Waals surface area contributed by atoms with Crippen molar-refractivity contribution in [3.8, 4) is 0 Å². The Morgan fingerprint density at radius 2 is 2.18 bits per heavy atom. The molecule has 98 valence electrons. The second-order valence-electron chi connectivity index (χ2n) is 4.47. The molecule has 5 heteroatoms. The molecule has 1 aromatic rings. The molecule has 2 atom stereocenters. The van der Waals surface area contributed by atoms with E-state index in [-0.39, 0.29) is 12.1 Å². The highest BCUT2D eigenvalue weighted by molar-refractivity contribution is 7.11. The van der Waals surface area contributed by atoms with Gasteiger partial charge in [0.2, 0.25) is 0 Å². The third-order valence-corrected chi connectivity index (χ3v) is 3.39. The normalized spacial score (nSPS) is 15.2. The van der Waals surface area contributed by atoms with E-state index >= 15 is 0 Å². The standard InChI is InChI=1S/C12H22N2O2S/c1-8(2)16-7-11(15)6-13-10(4)12-14-5-9(3)17-12/h5,8,10-11,13,15H,6-7H2,1-4H3. The zero-order valence-electron chi connectivity index (χ0n) is 10.9. The lowest BCUT2D eigenvalue weighted by Crippen LogP contribution is -2.32. The molecule has 2 unspecified atom stereocenters. The first-order valence-electron chi connectivity index (χ1n) is 5.94. The van der Waals surface area contributed by atoms with Gasteiger partial charge in [-0.2, -0.15) is 0 Å². The van der Waals surface area contributed by atoms with Gasteiger partial charge in [0.05, 0.1) is 24.9 Å². The average Bonchev–Trinajstić information content (AvgIpc) is 2.70. The molecule has 2 N–H and O–H groups in total. The minimum atomic E-state index is -0.471. The van der Waals surface area contributed by atoms with Gasteiger partial charge in [0.1, 0.15) is 5.01 Å². The van der Waals surface area contributed by atoms with Gasteiger partial charge in [-0.25, -0.2) is 4.98 Å². The first kappa shape index (κ1) is 14.6. The maximum absolute atomic E-state index is 9.69. The third kappa shape index (κ3) is 5.59. The third-order valence-electron chi connectivity index (χ3n) is 2.29. The SMILES string of the molecule is Cc1cnc(C(C)NCC(O)COC(C)C)s1. The number of nitrogens with one attached hydrogen (secondary N) is 1. The number of hydrogen-bond donors (Lipinski definition) is 2. The molecule has 0 aliphatic rings. The zero-order valence-corrected chi connectivity index (χ0v) is 11.8. The number of aliphatic hydroxyl groups excluding tert-OH is 1. The Morgan fingerprint density at radius 1 is 1.47 bits per heavy atom. The van der Waals surface area contributed by atoms with Crippen molar-refractivity contribution >= 4 is 11.3 Å². The van der Waals surface area contributed by atoms with E-state index in [4.69, 9.17) is 4.74 Å². The van der Waals surface area contributed by atoms with E-state index in [1.165, 1.54) is 4.88 Å². The summed E-state index contributed by atoms with van der Waals surface area (Å²) in [4.78, 5) is 5.52. The second kappa shape index (κ2) is 7.06. The van der Waals surface area contributed by atoms with Crippen LogP contribution in [0.15, 0.2) is 6.20 Å². The number of hydrogen-bond acceptors (Lipinski definition) is 5. The van der Waals surface area contributed by atoms with Gasteiger partial charge in [0.15, 0.2) is 0 Å². The lowest BCUT2D eigenvalue weighted by atomic mass is 10.3. The van der Waals surface area contributed by atoms with Crippen LogP contribution >= 0.6 is 11.3 Å². The summed E-state index contributed by atoms with van der Waals surface area (Å²) in [6, 6.07) is 0.169. The monoisotopic (exact) mass is 258 g/mol. The van der Waals surface area contributed by atoms with E-state index in [9.17, 15) is 5.11 Å². The molecule has 0 aliphatic heterocycles. The summed E-state index contributed by atoms with van der Waals surface area (Å²) in [6.07, 6.45) is 1.56. The maximum atomic E-state index is 9.69. The molecule has 0 amide bonds. The molecule has 17 heavy (non-hydrogen) atoms. The first-order chi connectivity index (χ1) is 7.99. The first-order valence-corrected chi connectivity index (χ1v) is 6.76. The zero-order chi connectivity index (χ0) is 12.8. The van der Waals surface area contributed by atoms with Crippen LogP contribution in [0.4, 0.5) is 0 Å². The van der Waals surface area contributed by atoms with Gasteiger partial charge >= 0.3 is 0 Å². The van der Waals surface area contributed by atoms with Gasteiger partial charge in [-0.15, -0.1) is 11.3 Å². The van der Waals surface area contributed by atoms with E-state index in [1.54, 1.807) is 11.3 Å². The van der Waals surface area contributed by atoms with Gasteiger partial charge in [-0.3, -0.25) is 0 Å². The fraction of sp³-hybridized carbons (Fsp3) is 0.750. The molecule has 1 heterocycles. The summed E-state index contributed by atoms with van der Waals surface area (Å²) in [6.45, 7) is 8.90. The summed E-state index contributed by atoms with van der Waals surface area (Å²) in [7, 11) is 0. The molecule has 1 rings (SSSR count). The Hall–Kier alpha value is -0.490. The molecule has 0 saturated carbocycles. The Bertz CT molecular complexity index is 328. The molecule has 0 bridgehead atoms.